The number of Topliss-reactive ketones (excluding diaryl/α,β-unsaturated/α-hetero) is 1. The van der Waals surface area contributed by atoms with Gasteiger partial charge in [-0.3, -0.25) is 4.79 Å². The van der Waals surface area contributed by atoms with Crippen LogP contribution in [0.4, 0.5) is 4.39 Å². The Kier molecular flexibility index (Phi) is 4.12. The van der Waals surface area contributed by atoms with E-state index >= 15 is 0 Å². The average molecular weight is 250 g/mol. The fourth-order valence-electron chi connectivity index (χ4n) is 2.69. The molecule has 98 valence electrons. The molecule has 2 nitrogen and oxygen atoms in total. The zero-order valence-corrected chi connectivity index (χ0v) is 10.7. The van der Waals surface area contributed by atoms with Gasteiger partial charge in [0.1, 0.15) is 11.4 Å². The molecule has 0 amide bonds. The maximum absolute atomic E-state index is 12.9. The highest BCUT2D eigenvalue weighted by atomic mass is 19.1. The predicted molar refractivity (Wildman–Crippen MR) is 68.2 cm³/mol. The summed E-state index contributed by atoms with van der Waals surface area (Å²) >= 11 is 0. The summed E-state index contributed by atoms with van der Waals surface area (Å²) < 4.78 is 18.5. The van der Waals surface area contributed by atoms with Crippen LogP contribution in [0.3, 0.4) is 0 Å². The van der Waals surface area contributed by atoms with Crippen LogP contribution in [0.25, 0.3) is 0 Å². The Morgan fingerprint density at radius 1 is 1.11 bits per heavy atom. The van der Waals surface area contributed by atoms with Crippen LogP contribution >= 0.6 is 0 Å². The van der Waals surface area contributed by atoms with E-state index in [1.54, 1.807) is 19.2 Å². The van der Waals surface area contributed by atoms with Gasteiger partial charge in [0, 0.05) is 12.7 Å². The molecule has 0 aromatic heterocycles. The van der Waals surface area contributed by atoms with Crippen molar-refractivity contribution in [2.45, 2.75) is 44.1 Å². The lowest BCUT2D eigenvalue weighted by Crippen LogP contribution is -2.40. The van der Waals surface area contributed by atoms with Crippen molar-refractivity contribution in [3.05, 3.63) is 35.6 Å². The summed E-state index contributed by atoms with van der Waals surface area (Å²) in [5.41, 5.74) is -0.158. The summed E-state index contributed by atoms with van der Waals surface area (Å²) in [7, 11) is 1.60. The molecule has 0 atom stereocenters. The Morgan fingerprint density at radius 3 is 2.17 bits per heavy atom. The van der Waals surface area contributed by atoms with Gasteiger partial charge in [-0.05, 0) is 37.1 Å². The zero-order valence-electron chi connectivity index (χ0n) is 10.7. The minimum Gasteiger partial charge on any atom is -0.370 e. The Labute approximate surface area is 107 Å². The number of carbonyl (C=O) groups is 1. The number of halogens is 1. The van der Waals surface area contributed by atoms with Crippen LogP contribution in [-0.2, 0) is 4.74 Å². The highest BCUT2D eigenvalue weighted by molar-refractivity contribution is 6.02. The molecule has 0 N–H and O–H groups in total. The Bertz CT molecular complexity index is 403. The second-order valence-electron chi connectivity index (χ2n) is 4.95. The van der Waals surface area contributed by atoms with Gasteiger partial charge in [0.15, 0.2) is 5.78 Å². The summed E-state index contributed by atoms with van der Waals surface area (Å²) in [5.74, 6) is -0.328. The van der Waals surface area contributed by atoms with E-state index in [0.717, 1.165) is 38.5 Å². The van der Waals surface area contributed by atoms with E-state index in [0.29, 0.717) is 5.56 Å². The second kappa shape index (κ2) is 5.61. The van der Waals surface area contributed by atoms with E-state index < -0.39 is 5.60 Å². The number of hydrogen-bond donors (Lipinski definition) is 0. The smallest absolute Gasteiger partial charge is 0.194 e. The zero-order chi connectivity index (χ0) is 13.0. The Hall–Kier alpha value is -1.22. The normalized spacial score (nSPS) is 19.2. The van der Waals surface area contributed by atoms with Gasteiger partial charge in [0.05, 0.1) is 0 Å². The standard InChI is InChI=1S/C15H19FO2/c1-18-15(10-4-2-3-5-11-15)14(17)12-6-8-13(16)9-7-12/h6-9H,2-5,10-11H2,1H3. The lowest BCUT2D eigenvalue weighted by atomic mass is 9.86. The van der Waals surface area contributed by atoms with E-state index in [1.807, 2.05) is 0 Å². The molecular formula is C15H19FO2. The van der Waals surface area contributed by atoms with Crippen molar-refractivity contribution < 1.29 is 13.9 Å². The number of ketones is 1. The van der Waals surface area contributed by atoms with Crippen molar-refractivity contribution in [1.82, 2.24) is 0 Å². The molecule has 1 fully saturated rings. The van der Waals surface area contributed by atoms with Gasteiger partial charge in [0.2, 0.25) is 0 Å². The maximum atomic E-state index is 12.9. The molecule has 1 aromatic carbocycles. The third kappa shape index (κ3) is 2.61. The van der Waals surface area contributed by atoms with Crippen molar-refractivity contribution in [1.29, 1.82) is 0 Å². The largest absolute Gasteiger partial charge is 0.370 e. The van der Waals surface area contributed by atoms with E-state index in [4.69, 9.17) is 4.74 Å². The first-order chi connectivity index (χ1) is 8.68. The first-order valence-corrected chi connectivity index (χ1v) is 6.53. The molecule has 2 rings (SSSR count). The molecule has 1 saturated carbocycles. The van der Waals surface area contributed by atoms with Gasteiger partial charge in [-0.15, -0.1) is 0 Å². The third-order valence-corrected chi connectivity index (χ3v) is 3.82. The summed E-state index contributed by atoms with van der Waals surface area (Å²) in [5, 5.41) is 0. The van der Waals surface area contributed by atoms with Gasteiger partial charge in [-0.2, -0.15) is 0 Å². The molecule has 18 heavy (non-hydrogen) atoms. The first kappa shape index (κ1) is 13.2. The molecule has 0 radical (unpaired) electrons. The number of rotatable bonds is 3. The van der Waals surface area contributed by atoms with Crippen molar-refractivity contribution >= 4 is 5.78 Å². The predicted octanol–water partition coefficient (Wildman–Crippen LogP) is 3.75. The Morgan fingerprint density at radius 2 is 1.67 bits per heavy atom. The van der Waals surface area contributed by atoms with Crippen LogP contribution in [0.15, 0.2) is 24.3 Å². The molecule has 0 aliphatic heterocycles. The van der Waals surface area contributed by atoms with Gasteiger partial charge in [-0.1, -0.05) is 25.7 Å². The molecule has 0 bridgehead atoms. The van der Waals surface area contributed by atoms with Crippen LogP contribution in [0.5, 0.6) is 0 Å². The van der Waals surface area contributed by atoms with Gasteiger partial charge in [0.25, 0.3) is 0 Å². The van der Waals surface area contributed by atoms with Crippen molar-refractivity contribution in [2.75, 3.05) is 7.11 Å². The van der Waals surface area contributed by atoms with Crippen molar-refractivity contribution in [3.8, 4) is 0 Å². The summed E-state index contributed by atoms with van der Waals surface area (Å²) in [6.07, 6.45) is 5.87. The van der Waals surface area contributed by atoms with Gasteiger partial charge < -0.3 is 4.74 Å². The minimum atomic E-state index is -0.700. The number of hydrogen-bond acceptors (Lipinski definition) is 2. The molecule has 0 spiro atoms. The quantitative estimate of drug-likeness (QED) is 0.603. The fourth-order valence-corrected chi connectivity index (χ4v) is 2.69. The summed E-state index contributed by atoms with van der Waals surface area (Å²) in [6.45, 7) is 0. The van der Waals surface area contributed by atoms with Crippen LogP contribution in [0, 0.1) is 5.82 Å². The monoisotopic (exact) mass is 250 g/mol. The van der Waals surface area contributed by atoms with Gasteiger partial charge in [-0.25, -0.2) is 4.39 Å². The molecule has 1 aliphatic rings. The van der Waals surface area contributed by atoms with Crippen molar-refractivity contribution in [2.24, 2.45) is 0 Å². The van der Waals surface area contributed by atoms with Crippen LogP contribution in [0.2, 0.25) is 0 Å². The summed E-state index contributed by atoms with van der Waals surface area (Å²) in [6, 6.07) is 5.74. The Balaban J connectivity index is 2.25. The van der Waals surface area contributed by atoms with E-state index in [9.17, 15) is 9.18 Å². The van der Waals surface area contributed by atoms with Crippen molar-refractivity contribution in [3.63, 3.8) is 0 Å². The molecule has 0 saturated heterocycles. The number of benzene rings is 1. The van der Waals surface area contributed by atoms with Crippen LogP contribution in [0.1, 0.15) is 48.9 Å². The molecular weight excluding hydrogens is 231 g/mol. The highest BCUT2D eigenvalue weighted by Gasteiger charge is 2.38. The topological polar surface area (TPSA) is 26.3 Å². The SMILES string of the molecule is COC1(C(=O)c2ccc(F)cc2)CCCCCC1. The lowest BCUT2D eigenvalue weighted by molar-refractivity contribution is -0.00692. The summed E-state index contributed by atoms with van der Waals surface area (Å²) in [4.78, 5) is 12.6. The lowest BCUT2D eigenvalue weighted by Gasteiger charge is -2.29. The van der Waals surface area contributed by atoms with Crippen LogP contribution in [-0.4, -0.2) is 18.5 Å². The molecule has 3 heteroatoms. The first-order valence-electron chi connectivity index (χ1n) is 6.53. The minimum absolute atomic E-state index is 0.00750. The number of carbonyl (C=O) groups excluding carboxylic acids is 1. The van der Waals surface area contributed by atoms with E-state index in [-0.39, 0.29) is 11.6 Å². The molecule has 1 aliphatic carbocycles. The molecule has 0 heterocycles. The van der Waals surface area contributed by atoms with E-state index in [2.05, 4.69) is 0 Å². The fraction of sp³-hybridized carbons (Fsp3) is 0.533. The van der Waals surface area contributed by atoms with E-state index in [1.165, 1.54) is 12.1 Å². The number of ether oxygens (including phenoxy) is 1. The maximum Gasteiger partial charge on any atom is 0.194 e. The van der Waals surface area contributed by atoms with Gasteiger partial charge >= 0.3 is 0 Å². The highest BCUT2D eigenvalue weighted by Crippen LogP contribution is 2.33. The third-order valence-electron chi connectivity index (χ3n) is 3.82. The van der Waals surface area contributed by atoms with Crippen LogP contribution < -0.4 is 0 Å². The number of methoxy groups -OCH3 is 1. The second-order valence-corrected chi connectivity index (χ2v) is 4.95. The molecule has 0 unspecified atom stereocenters. The average Bonchev–Trinajstić information content (AvgIpc) is 2.65. The molecule has 1 aromatic rings.